The summed E-state index contributed by atoms with van der Waals surface area (Å²) in [7, 11) is 1.99. The molecule has 0 aromatic carbocycles. The summed E-state index contributed by atoms with van der Waals surface area (Å²) in [6, 6.07) is 8.00. The summed E-state index contributed by atoms with van der Waals surface area (Å²) in [6.07, 6.45) is 8.96. The molecule has 0 amide bonds. The smallest absolute Gasteiger partial charge is 0.155 e. The van der Waals surface area contributed by atoms with Crippen LogP contribution in [0.25, 0.3) is 16.6 Å². The van der Waals surface area contributed by atoms with Crippen molar-refractivity contribution < 1.29 is 4.39 Å². The highest BCUT2D eigenvalue weighted by Gasteiger charge is 2.31. The van der Waals surface area contributed by atoms with Crippen LogP contribution in [0.1, 0.15) is 30.1 Å². The van der Waals surface area contributed by atoms with Gasteiger partial charge < -0.3 is 5.32 Å². The van der Waals surface area contributed by atoms with Crippen LogP contribution in [0.3, 0.4) is 0 Å². The monoisotopic (exact) mass is 433 g/mol. The lowest BCUT2D eigenvalue weighted by Crippen LogP contribution is -2.40. The zero-order valence-corrected chi connectivity index (χ0v) is 17.9. The van der Waals surface area contributed by atoms with Crippen LogP contribution in [0.2, 0.25) is 0 Å². The minimum atomic E-state index is -0.401. The van der Waals surface area contributed by atoms with E-state index in [4.69, 9.17) is 0 Å². The van der Waals surface area contributed by atoms with E-state index in [9.17, 15) is 9.65 Å². The van der Waals surface area contributed by atoms with Crippen molar-refractivity contribution >= 4 is 17.3 Å². The van der Waals surface area contributed by atoms with E-state index in [1.807, 2.05) is 25.5 Å². The Balaban J connectivity index is 1.59. The summed E-state index contributed by atoms with van der Waals surface area (Å²) in [5.74, 6) is -0.401. The minimum absolute atomic E-state index is 0.256. The second kappa shape index (κ2) is 7.80. The van der Waals surface area contributed by atoms with Crippen molar-refractivity contribution in [3.63, 3.8) is 0 Å². The zero-order chi connectivity index (χ0) is 21.5. The van der Waals surface area contributed by atoms with Crippen molar-refractivity contribution in [3.05, 3.63) is 60.1 Å². The van der Waals surface area contributed by atoms with Gasteiger partial charge in [-0.25, -0.2) is 13.9 Å². The molecule has 4 aromatic heterocycles. The van der Waals surface area contributed by atoms with Crippen LogP contribution in [0.5, 0.6) is 0 Å². The summed E-state index contributed by atoms with van der Waals surface area (Å²) in [6.45, 7) is 2.06. The van der Waals surface area contributed by atoms with Gasteiger partial charge in [-0.3, -0.25) is 4.68 Å². The maximum Gasteiger partial charge on any atom is 0.155 e. The highest BCUT2D eigenvalue weighted by atomic mass is 32.2. The average molecular weight is 434 g/mol. The number of hydrogen-bond donors (Lipinski definition) is 1. The van der Waals surface area contributed by atoms with Gasteiger partial charge in [0.05, 0.1) is 29.5 Å². The Bertz CT molecular complexity index is 1310. The highest BCUT2D eigenvalue weighted by molar-refractivity contribution is 7.99. The molecule has 0 bridgehead atoms. The van der Waals surface area contributed by atoms with E-state index >= 15 is 0 Å². The second-order valence-corrected chi connectivity index (χ2v) is 8.68. The lowest BCUT2D eigenvalue weighted by molar-refractivity contribution is 0.217. The molecule has 0 spiro atoms. The van der Waals surface area contributed by atoms with Crippen molar-refractivity contribution in [2.45, 2.75) is 41.8 Å². The van der Waals surface area contributed by atoms with Gasteiger partial charge in [-0.15, -0.1) is 0 Å². The Morgan fingerprint density at radius 3 is 2.87 bits per heavy atom. The van der Waals surface area contributed by atoms with Crippen LogP contribution < -0.4 is 5.32 Å². The first-order valence-electron chi connectivity index (χ1n) is 10.0. The van der Waals surface area contributed by atoms with Gasteiger partial charge in [-0.2, -0.15) is 15.5 Å². The number of pyridine rings is 2. The number of rotatable bonds is 5. The zero-order valence-electron chi connectivity index (χ0n) is 17.1. The predicted octanol–water partition coefficient (Wildman–Crippen LogP) is 3.99. The van der Waals surface area contributed by atoms with E-state index in [0.717, 1.165) is 34.6 Å². The number of aromatic nitrogens is 5. The molecule has 1 fully saturated rings. The van der Waals surface area contributed by atoms with Crippen molar-refractivity contribution in [3.8, 4) is 17.2 Å². The van der Waals surface area contributed by atoms with E-state index in [2.05, 4.69) is 38.2 Å². The molecule has 31 heavy (non-hydrogen) atoms. The number of fused-ring (bicyclic) bond motifs is 1. The minimum Gasteiger partial charge on any atom is -0.317 e. The Morgan fingerprint density at radius 2 is 2.13 bits per heavy atom. The van der Waals surface area contributed by atoms with Crippen LogP contribution in [0.4, 0.5) is 4.39 Å². The fraction of sp³-hybridized carbons (Fsp3) is 0.273. The van der Waals surface area contributed by atoms with Gasteiger partial charge in [0.1, 0.15) is 11.1 Å². The number of nitriles is 1. The van der Waals surface area contributed by atoms with Crippen molar-refractivity contribution in [2.75, 3.05) is 7.05 Å². The fourth-order valence-corrected chi connectivity index (χ4v) is 5.01. The SMILES string of the molecule is CN[C@H]1C[C@@H](n2ncc(-c3cc(Sc4ncccc4F)c4c(C#N)cnn4c3)c2C)C1. The van der Waals surface area contributed by atoms with Crippen LogP contribution in [-0.4, -0.2) is 37.5 Å². The molecule has 0 radical (unpaired) electrons. The number of nitrogens with zero attached hydrogens (tertiary/aromatic N) is 6. The third-order valence-corrected chi connectivity index (χ3v) is 6.88. The maximum absolute atomic E-state index is 14.3. The van der Waals surface area contributed by atoms with Crippen LogP contribution >= 0.6 is 11.8 Å². The summed E-state index contributed by atoms with van der Waals surface area (Å²) in [5, 5.41) is 22.1. The molecule has 4 heterocycles. The summed E-state index contributed by atoms with van der Waals surface area (Å²) < 4.78 is 18.0. The van der Waals surface area contributed by atoms with Crippen LogP contribution in [0, 0.1) is 24.1 Å². The van der Waals surface area contributed by atoms with Crippen molar-refractivity contribution in [1.29, 1.82) is 5.26 Å². The quantitative estimate of drug-likeness (QED) is 0.512. The third-order valence-electron chi connectivity index (χ3n) is 5.85. The molecule has 4 aromatic rings. The third kappa shape index (κ3) is 3.38. The molecule has 1 aliphatic carbocycles. The standard InChI is InChI=1S/C22H20FN7S/c1-13-18(11-28-30(13)17-7-16(8-17)25-2)14-6-20(31-22-19(23)4-3-5-26-22)21-15(9-24)10-27-29(21)12-14/h3-6,10-12,16-17,25H,7-8H2,1-2H3/t16-,17+. The second-order valence-electron chi connectivity index (χ2n) is 7.65. The van der Waals surface area contributed by atoms with Gasteiger partial charge in [-0.1, -0.05) is 11.8 Å². The van der Waals surface area contributed by atoms with Gasteiger partial charge in [0.25, 0.3) is 0 Å². The molecule has 1 saturated carbocycles. The summed E-state index contributed by atoms with van der Waals surface area (Å²) in [5.41, 5.74) is 4.05. The number of hydrogen-bond acceptors (Lipinski definition) is 6. The van der Waals surface area contributed by atoms with E-state index in [-0.39, 0.29) is 5.03 Å². The van der Waals surface area contributed by atoms with E-state index in [1.165, 1.54) is 24.0 Å². The summed E-state index contributed by atoms with van der Waals surface area (Å²) >= 11 is 1.19. The maximum atomic E-state index is 14.3. The lowest BCUT2D eigenvalue weighted by Gasteiger charge is -2.35. The van der Waals surface area contributed by atoms with Crippen molar-refractivity contribution in [2.24, 2.45) is 0 Å². The largest absolute Gasteiger partial charge is 0.317 e. The molecule has 0 aliphatic heterocycles. The first kappa shape index (κ1) is 19.7. The Kier molecular flexibility index (Phi) is 4.96. The molecule has 0 atom stereocenters. The molecule has 156 valence electrons. The van der Waals surface area contributed by atoms with Crippen molar-refractivity contribution in [1.82, 2.24) is 29.7 Å². The Labute approximate surface area is 182 Å². The molecule has 1 N–H and O–H groups in total. The molecule has 1 aliphatic rings. The Hall–Kier alpha value is -3.22. The van der Waals surface area contributed by atoms with Gasteiger partial charge in [-0.05, 0) is 45.0 Å². The topological polar surface area (TPSA) is 83.8 Å². The van der Waals surface area contributed by atoms with Crippen LogP contribution in [0.15, 0.2) is 52.9 Å². The van der Waals surface area contributed by atoms with Gasteiger partial charge in [0, 0.05) is 40.2 Å². The predicted molar refractivity (Wildman–Crippen MR) is 115 cm³/mol. The van der Waals surface area contributed by atoms with Gasteiger partial charge in [0.2, 0.25) is 0 Å². The normalized spacial score (nSPS) is 18.1. The fourth-order valence-electron chi connectivity index (χ4n) is 4.04. The molecule has 7 nitrogen and oxygen atoms in total. The number of halogens is 1. The molecule has 9 heteroatoms. The number of nitrogens with one attached hydrogen (secondary N) is 1. The molecule has 5 rings (SSSR count). The summed E-state index contributed by atoms with van der Waals surface area (Å²) in [4.78, 5) is 4.87. The van der Waals surface area contributed by atoms with Gasteiger partial charge >= 0.3 is 0 Å². The Morgan fingerprint density at radius 1 is 1.29 bits per heavy atom. The van der Waals surface area contributed by atoms with Crippen LogP contribution in [-0.2, 0) is 0 Å². The average Bonchev–Trinajstić information content (AvgIpc) is 3.33. The first-order chi connectivity index (χ1) is 15.1. The van der Waals surface area contributed by atoms with Gasteiger partial charge in [0.15, 0.2) is 5.82 Å². The highest BCUT2D eigenvalue weighted by Crippen LogP contribution is 2.38. The van der Waals surface area contributed by atoms with E-state index in [0.29, 0.717) is 23.2 Å². The molecule has 0 saturated heterocycles. The lowest BCUT2D eigenvalue weighted by atomic mass is 9.87. The molecular weight excluding hydrogens is 413 g/mol. The molecule has 0 unspecified atom stereocenters. The molecular formula is C22H20FN7S. The van der Waals surface area contributed by atoms with E-state index < -0.39 is 5.82 Å². The van der Waals surface area contributed by atoms with E-state index in [1.54, 1.807) is 16.8 Å². The first-order valence-corrected chi connectivity index (χ1v) is 10.8.